The van der Waals surface area contributed by atoms with E-state index in [-0.39, 0.29) is 12.4 Å². The third-order valence-electron chi connectivity index (χ3n) is 5.50. The van der Waals surface area contributed by atoms with Gasteiger partial charge in [0.1, 0.15) is 0 Å². The van der Waals surface area contributed by atoms with Gasteiger partial charge in [-0.2, -0.15) is 0 Å². The van der Waals surface area contributed by atoms with Gasteiger partial charge in [-0.25, -0.2) is 0 Å². The third-order valence-corrected chi connectivity index (χ3v) is 5.50. The van der Waals surface area contributed by atoms with Gasteiger partial charge in [-0.05, 0) is 44.8 Å². The number of rotatable bonds is 14. The van der Waals surface area contributed by atoms with E-state index in [1.807, 2.05) is 0 Å². The maximum absolute atomic E-state index is 2.73. The van der Waals surface area contributed by atoms with Crippen molar-refractivity contribution in [3.05, 3.63) is 0 Å². The van der Waals surface area contributed by atoms with Gasteiger partial charge in [0.25, 0.3) is 0 Å². The molecule has 1 fully saturated rings. The van der Waals surface area contributed by atoms with Crippen molar-refractivity contribution in [3.8, 4) is 0 Å². The molecule has 0 saturated carbocycles. The predicted octanol–water partition coefficient (Wildman–Crippen LogP) is 7.23. The Balaban J connectivity index is 0.00000484. The van der Waals surface area contributed by atoms with Crippen LogP contribution in [0.5, 0.6) is 0 Å². The van der Waals surface area contributed by atoms with E-state index < -0.39 is 0 Å². The molecule has 2 heteroatoms. The number of likely N-dealkylation sites (tertiary alicyclic amines) is 1. The standard InChI is InChI=1S/C21H43N.ClH/c1-3-5-7-8-9-10-11-12-13-14-18-22-19-16-21(17-20-22)15-6-4-2;/h21H,3-20H2,1-2H3;1H. The quantitative estimate of drug-likeness (QED) is 0.300. The molecule has 1 rings (SSSR count). The van der Waals surface area contributed by atoms with E-state index in [1.165, 1.54) is 116 Å². The van der Waals surface area contributed by atoms with E-state index in [1.54, 1.807) is 0 Å². The lowest BCUT2D eigenvalue weighted by atomic mass is 9.91. The molecule has 0 N–H and O–H groups in total. The molecule has 0 spiro atoms. The largest absolute Gasteiger partial charge is 0.303 e. The molecule has 0 aromatic rings. The summed E-state index contributed by atoms with van der Waals surface area (Å²) < 4.78 is 0. The minimum atomic E-state index is 0. The van der Waals surface area contributed by atoms with Crippen molar-refractivity contribution in [2.75, 3.05) is 19.6 Å². The van der Waals surface area contributed by atoms with E-state index in [0.29, 0.717) is 0 Å². The van der Waals surface area contributed by atoms with Crippen LogP contribution in [0.3, 0.4) is 0 Å². The summed E-state index contributed by atoms with van der Waals surface area (Å²) in [6.07, 6.45) is 21.8. The van der Waals surface area contributed by atoms with Crippen molar-refractivity contribution >= 4 is 12.4 Å². The second kappa shape index (κ2) is 17.1. The normalized spacial score (nSPS) is 16.4. The Kier molecular flexibility index (Phi) is 17.3. The molecule has 0 aromatic carbocycles. The van der Waals surface area contributed by atoms with Gasteiger partial charge in [-0.3, -0.25) is 0 Å². The highest BCUT2D eigenvalue weighted by molar-refractivity contribution is 5.85. The molecule has 0 atom stereocenters. The van der Waals surface area contributed by atoms with E-state index >= 15 is 0 Å². The molecule has 140 valence electrons. The Morgan fingerprint density at radius 1 is 0.652 bits per heavy atom. The first-order chi connectivity index (χ1) is 10.9. The van der Waals surface area contributed by atoms with Gasteiger partial charge >= 0.3 is 0 Å². The Labute approximate surface area is 153 Å². The van der Waals surface area contributed by atoms with Crippen LogP contribution in [-0.4, -0.2) is 24.5 Å². The molecule has 0 unspecified atom stereocenters. The van der Waals surface area contributed by atoms with Crippen molar-refractivity contribution in [1.29, 1.82) is 0 Å². The molecular weight excluding hydrogens is 302 g/mol. The number of nitrogens with zero attached hydrogens (tertiary/aromatic N) is 1. The average Bonchev–Trinajstić information content (AvgIpc) is 2.56. The molecule has 1 nitrogen and oxygen atoms in total. The van der Waals surface area contributed by atoms with Crippen LogP contribution in [0.1, 0.15) is 110 Å². The van der Waals surface area contributed by atoms with Crippen molar-refractivity contribution < 1.29 is 0 Å². The van der Waals surface area contributed by atoms with Gasteiger partial charge in [0, 0.05) is 0 Å². The Bertz CT molecular complexity index is 224. The minimum Gasteiger partial charge on any atom is -0.303 e. The molecule has 0 aromatic heterocycles. The SMILES string of the molecule is CCCCCCCCCCCCN1CCC(CCCC)CC1.Cl. The van der Waals surface area contributed by atoms with Crippen molar-refractivity contribution in [3.63, 3.8) is 0 Å². The Morgan fingerprint density at radius 3 is 1.65 bits per heavy atom. The Morgan fingerprint density at radius 2 is 1.13 bits per heavy atom. The molecule has 1 saturated heterocycles. The number of hydrogen-bond acceptors (Lipinski definition) is 1. The highest BCUT2D eigenvalue weighted by Gasteiger charge is 2.17. The number of hydrogen-bond donors (Lipinski definition) is 0. The first-order valence-corrected chi connectivity index (χ1v) is 10.6. The van der Waals surface area contributed by atoms with Crippen LogP contribution in [0, 0.1) is 5.92 Å². The van der Waals surface area contributed by atoms with Crippen LogP contribution in [0.25, 0.3) is 0 Å². The molecule has 1 aliphatic rings. The highest BCUT2D eigenvalue weighted by Crippen LogP contribution is 2.22. The van der Waals surface area contributed by atoms with Crippen LogP contribution in [0.15, 0.2) is 0 Å². The van der Waals surface area contributed by atoms with Crippen LogP contribution in [0.4, 0.5) is 0 Å². The lowest BCUT2D eigenvalue weighted by Gasteiger charge is -2.32. The van der Waals surface area contributed by atoms with Crippen LogP contribution < -0.4 is 0 Å². The molecule has 23 heavy (non-hydrogen) atoms. The van der Waals surface area contributed by atoms with Crippen LogP contribution in [-0.2, 0) is 0 Å². The van der Waals surface area contributed by atoms with Gasteiger partial charge in [0.2, 0.25) is 0 Å². The van der Waals surface area contributed by atoms with E-state index in [9.17, 15) is 0 Å². The summed E-state index contributed by atoms with van der Waals surface area (Å²) in [6, 6.07) is 0. The summed E-state index contributed by atoms with van der Waals surface area (Å²) in [5.41, 5.74) is 0. The van der Waals surface area contributed by atoms with Gasteiger partial charge in [-0.1, -0.05) is 90.9 Å². The zero-order valence-electron chi connectivity index (χ0n) is 16.2. The summed E-state index contributed by atoms with van der Waals surface area (Å²) in [7, 11) is 0. The molecular formula is C21H44ClN. The molecule has 0 bridgehead atoms. The molecule has 0 amide bonds. The maximum atomic E-state index is 2.73. The minimum absolute atomic E-state index is 0. The van der Waals surface area contributed by atoms with Crippen LogP contribution in [0.2, 0.25) is 0 Å². The monoisotopic (exact) mass is 345 g/mol. The summed E-state index contributed by atoms with van der Waals surface area (Å²) in [6.45, 7) is 8.75. The Hall–Kier alpha value is 0.250. The second-order valence-electron chi connectivity index (χ2n) is 7.61. The number of unbranched alkanes of at least 4 members (excludes halogenated alkanes) is 10. The second-order valence-corrected chi connectivity index (χ2v) is 7.61. The zero-order chi connectivity index (χ0) is 15.9. The summed E-state index contributed by atoms with van der Waals surface area (Å²) in [4.78, 5) is 2.73. The maximum Gasteiger partial charge on any atom is -0.00161 e. The third kappa shape index (κ3) is 13.2. The smallest absolute Gasteiger partial charge is 0.00161 e. The predicted molar refractivity (Wildman–Crippen MR) is 108 cm³/mol. The number of piperidine rings is 1. The first kappa shape index (κ1) is 23.2. The number of halogens is 1. The molecule has 0 radical (unpaired) electrons. The fraction of sp³-hybridized carbons (Fsp3) is 1.00. The van der Waals surface area contributed by atoms with E-state index in [0.717, 1.165) is 5.92 Å². The van der Waals surface area contributed by atoms with Gasteiger partial charge in [0.05, 0.1) is 0 Å². The first-order valence-electron chi connectivity index (χ1n) is 10.6. The van der Waals surface area contributed by atoms with Gasteiger partial charge in [0.15, 0.2) is 0 Å². The van der Waals surface area contributed by atoms with Gasteiger partial charge in [-0.15, -0.1) is 12.4 Å². The average molecular weight is 346 g/mol. The summed E-state index contributed by atoms with van der Waals surface area (Å²) in [5, 5.41) is 0. The molecule has 1 aliphatic heterocycles. The van der Waals surface area contributed by atoms with Crippen molar-refractivity contribution in [2.24, 2.45) is 5.92 Å². The van der Waals surface area contributed by atoms with Crippen molar-refractivity contribution in [1.82, 2.24) is 4.90 Å². The molecule has 0 aliphatic carbocycles. The zero-order valence-corrected chi connectivity index (χ0v) is 17.0. The summed E-state index contributed by atoms with van der Waals surface area (Å²) in [5.74, 6) is 1.05. The lowest BCUT2D eigenvalue weighted by molar-refractivity contribution is 0.174. The van der Waals surface area contributed by atoms with Crippen molar-refractivity contribution in [2.45, 2.75) is 110 Å². The fourth-order valence-corrected chi connectivity index (χ4v) is 3.81. The van der Waals surface area contributed by atoms with Crippen LogP contribution >= 0.6 is 12.4 Å². The highest BCUT2D eigenvalue weighted by atomic mass is 35.5. The molecule has 1 heterocycles. The lowest BCUT2D eigenvalue weighted by Crippen LogP contribution is -2.34. The van der Waals surface area contributed by atoms with Gasteiger partial charge < -0.3 is 4.90 Å². The fourth-order valence-electron chi connectivity index (χ4n) is 3.81. The topological polar surface area (TPSA) is 3.24 Å². The van der Waals surface area contributed by atoms with E-state index in [2.05, 4.69) is 18.7 Å². The summed E-state index contributed by atoms with van der Waals surface area (Å²) >= 11 is 0. The van der Waals surface area contributed by atoms with E-state index in [4.69, 9.17) is 0 Å².